The fourth-order valence-corrected chi connectivity index (χ4v) is 3.36. The number of sulfonamides is 1. The van der Waals surface area contributed by atoms with Gasteiger partial charge in [0.25, 0.3) is 5.91 Å². The van der Waals surface area contributed by atoms with Crippen LogP contribution in [0, 0.1) is 6.92 Å². The second-order valence-electron chi connectivity index (χ2n) is 5.19. The smallest absolute Gasteiger partial charge is 0.265 e. The first-order chi connectivity index (χ1) is 11.8. The Morgan fingerprint density at radius 2 is 1.80 bits per heavy atom. The third-order valence-electron chi connectivity index (χ3n) is 3.41. The van der Waals surface area contributed by atoms with Crippen LogP contribution in [0.15, 0.2) is 30.5 Å². The number of carbonyl (C=O) groups is 1. The maximum atomic E-state index is 12.3. The number of nitrogens with one attached hydrogen (secondary N) is 1. The van der Waals surface area contributed by atoms with E-state index in [4.69, 9.17) is 21.1 Å². The molecule has 0 aliphatic carbocycles. The molecule has 134 valence electrons. The van der Waals surface area contributed by atoms with Crippen molar-refractivity contribution in [3.8, 4) is 11.5 Å². The molecule has 9 heteroatoms. The zero-order valence-corrected chi connectivity index (χ0v) is 15.4. The van der Waals surface area contributed by atoms with E-state index in [9.17, 15) is 13.2 Å². The Labute approximate surface area is 151 Å². The van der Waals surface area contributed by atoms with Crippen LogP contribution in [-0.4, -0.2) is 33.5 Å². The molecule has 0 unspecified atom stereocenters. The van der Waals surface area contributed by atoms with Crippen molar-refractivity contribution in [3.05, 3.63) is 52.3 Å². The first kappa shape index (κ1) is 19.0. The number of pyridine rings is 1. The van der Waals surface area contributed by atoms with Gasteiger partial charge >= 0.3 is 0 Å². The minimum Gasteiger partial charge on any atom is -0.496 e. The molecule has 1 amide bonds. The number of benzene rings is 1. The van der Waals surface area contributed by atoms with Gasteiger partial charge in [-0.05, 0) is 30.7 Å². The SMILES string of the molecule is COc1cc(C(=O)NS(=O)(=O)Cc2ccc(Cl)nc2)cc(OC)c1C. The number of rotatable bonds is 6. The third kappa shape index (κ3) is 4.83. The summed E-state index contributed by atoms with van der Waals surface area (Å²) in [7, 11) is -1.00. The first-order valence-corrected chi connectivity index (χ1v) is 9.16. The molecular weight excluding hydrogens is 368 g/mol. The molecular formula is C16H17ClN2O5S. The summed E-state index contributed by atoms with van der Waals surface area (Å²) in [5.41, 5.74) is 1.22. The van der Waals surface area contributed by atoms with E-state index in [0.29, 0.717) is 22.6 Å². The Kier molecular flexibility index (Phi) is 5.86. The number of halogens is 1. The average molecular weight is 385 g/mol. The fourth-order valence-electron chi connectivity index (χ4n) is 2.16. The summed E-state index contributed by atoms with van der Waals surface area (Å²) in [6.45, 7) is 1.77. The van der Waals surface area contributed by atoms with Crippen LogP contribution in [0.25, 0.3) is 0 Å². The molecule has 0 bridgehead atoms. The maximum Gasteiger partial charge on any atom is 0.265 e. The molecule has 7 nitrogen and oxygen atoms in total. The van der Waals surface area contributed by atoms with E-state index >= 15 is 0 Å². The molecule has 0 atom stereocenters. The van der Waals surface area contributed by atoms with Gasteiger partial charge in [0.05, 0.1) is 20.0 Å². The molecule has 0 radical (unpaired) electrons. The van der Waals surface area contributed by atoms with E-state index in [0.717, 1.165) is 0 Å². The van der Waals surface area contributed by atoms with Gasteiger partial charge in [0.15, 0.2) is 0 Å². The highest BCUT2D eigenvalue weighted by Crippen LogP contribution is 2.29. The van der Waals surface area contributed by atoms with Gasteiger partial charge in [0, 0.05) is 17.3 Å². The second kappa shape index (κ2) is 7.71. The lowest BCUT2D eigenvalue weighted by atomic mass is 10.1. The minimum atomic E-state index is -3.91. The van der Waals surface area contributed by atoms with E-state index in [1.54, 1.807) is 6.92 Å². The van der Waals surface area contributed by atoms with E-state index in [-0.39, 0.29) is 10.7 Å². The van der Waals surface area contributed by atoms with Gasteiger partial charge in [-0.25, -0.2) is 18.1 Å². The lowest BCUT2D eigenvalue weighted by Crippen LogP contribution is -2.31. The molecule has 0 fully saturated rings. The van der Waals surface area contributed by atoms with Crippen LogP contribution in [0.4, 0.5) is 0 Å². The molecule has 2 rings (SSSR count). The van der Waals surface area contributed by atoms with Crippen molar-refractivity contribution < 1.29 is 22.7 Å². The highest BCUT2D eigenvalue weighted by atomic mass is 35.5. The lowest BCUT2D eigenvalue weighted by Gasteiger charge is -2.13. The lowest BCUT2D eigenvalue weighted by molar-refractivity contribution is 0.0980. The van der Waals surface area contributed by atoms with Gasteiger partial charge in [-0.15, -0.1) is 0 Å². The third-order valence-corrected chi connectivity index (χ3v) is 4.84. The van der Waals surface area contributed by atoms with Crippen LogP contribution in [0.1, 0.15) is 21.5 Å². The Hall–Kier alpha value is -2.32. The van der Waals surface area contributed by atoms with E-state index < -0.39 is 21.7 Å². The van der Waals surface area contributed by atoms with Gasteiger partial charge < -0.3 is 9.47 Å². The zero-order chi connectivity index (χ0) is 18.6. The monoisotopic (exact) mass is 384 g/mol. The molecule has 0 spiro atoms. The largest absolute Gasteiger partial charge is 0.496 e. The van der Waals surface area contributed by atoms with Gasteiger partial charge in [0.2, 0.25) is 10.0 Å². The number of carbonyl (C=O) groups excluding carboxylic acids is 1. The van der Waals surface area contributed by atoms with Crippen molar-refractivity contribution in [1.29, 1.82) is 0 Å². The van der Waals surface area contributed by atoms with Crippen LogP contribution >= 0.6 is 11.6 Å². The molecule has 0 saturated carbocycles. The van der Waals surface area contributed by atoms with E-state index in [2.05, 4.69) is 4.98 Å². The molecule has 0 saturated heterocycles. The molecule has 2 aromatic rings. The number of methoxy groups -OCH3 is 2. The molecule has 1 aromatic heterocycles. The summed E-state index contributed by atoms with van der Waals surface area (Å²) in [6, 6.07) is 5.90. The Balaban J connectivity index is 2.22. The second-order valence-corrected chi connectivity index (χ2v) is 7.29. The van der Waals surface area contributed by atoms with Gasteiger partial charge in [0.1, 0.15) is 16.7 Å². The van der Waals surface area contributed by atoms with Crippen LogP contribution < -0.4 is 14.2 Å². The van der Waals surface area contributed by atoms with Crippen LogP contribution in [0.2, 0.25) is 5.15 Å². The number of hydrogen-bond acceptors (Lipinski definition) is 6. The molecule has 0 aliphatic rings. The summed E-state index contributed by atoms with van der Waals surface area (Å²) >= 11 is 5.66. The van der Waals surface area contributed by atoms with Crippen molar-refractivity contribution in [2.24, 2.45) is 0 Å². The van der Waals surface area contributed by atoms with Gasteiger partial charge in [-0.3, -0.25) is 4.79 Å². The van der Waals surface area contributed by atoms with Gasteiger partial charge in [-0.1, -0.05) is 17.7 Å². The summed E-state index contributed by atoms with van der Waals surface area (Å²) in [5, 5.41) is 0.254. The summed E-state index contributed by atoms with van der Waals surface area (Å²) in [5.74, 6) is -0.339. The van der Waals surface area contributed by atoms with Crippen molar-refractivity contribution >= 4 is 27.5 Å². The Bertz CT molecular complexity index is 857. The predicted molar refractivity (Wildman–Crippen MR) is 93.6 cm³/mol. The number of nitrogens with zero attached hydrogens (tertiary/aromatic N) is 1. The summed E-state index contributed by atoms with van der Waals surface area (Å²) in [6.07, 6.45) is 1.34. The number of amides is 1. The fraction of sp³-hybridized carbons (Fsp3) is 0.250. The quantitative estimate of drug-likeness (QED) is 0.768. The van der Waals surface area contributed by atoms with Crippen LogP contribution in [-0.2, 0) is 15.8 Å². The molecule has 1 heterocycles. The van der Waals surface area contributed by atoms with Gasteiger partial charge in [-0.2, -0.15) is 0 Å². The Morgan fingerprint density at radius 3 is 2.28 bits per heavy atom. The molecule has 25 heavy (non-hydrogen) atoms. The zero-order valence-electron chi connectivity index (χ0n) is 13.9. The number of aromatic nitrogens is 1. The highest BCUT2D eigenvalue weighted by Gasteiger charge is 2.19. The normalized spacial score (nSPS) is 11.0. The van der Waals surface area contributed by atoms with Crippen molar-refractivity contribution in [2.75, 3.05) is 14.2 Å². The predicted octanol–water partition coefficient (Wildman–Crippen LogP) is 2.32. The van der Waals surface area contributed by atoms with E-state index in [1.165, 1.54) is 44.7 Å². The highest BCUT2D eigenvalue weighted by molar-refractivity contribution is 7.89. The minimum absolute atomic E-state index is 0.108. The Morgan fingerprint density at radius 1 is 1.20 bits per heavy atom. The first-order valence-electron chi connectivity index (χ1n) is 7.13. The maximum absolute atomic E-state index is 12.3. The van der Waals surface area contributed by atoms with Crippen molar-refractivity contribution in [3.63, 3.8) is 0 Å². The molecule has 1 N–H and O–H groups in total. The number of hydrogen-bond donors (Lipinski definition) is 1. The number of ether oxygens (including phenoxy) is 2. The van der Waals surface area contributed by atoms with Crippen molar-refractivity contribution in [1.82, 2.24) is 9.71 Å². The van der Waals surface area contributed by atoms with E-state index in [1.807, 2.05) is 4.72 Å². The molecule has 1 aromatic carbocycles. The molecule has 0 aliphatic heterocycles. The van der Waals surface area contributed by atoms with Crippen LogP contribution in [0.5, 0.6) is 11.5 Å². The standard InChI is InChI=1S/C16H17ClN2O5S/c1-10-13(23-2)6-12(7-14(10)24-3)16(20)19-25(21,22)9-11-4-5-15(17)18-8-11/h4-8H,9H2,1-3H3,(H,19,20). The summed E-state index contributed by atoms with van der Waals surface area (Å²) < 4.78 is 36.8. The van der Waals surface area contributed by atoms with Crippen molar-refractivity contribution in [2.45, 2.75) is 12.7 Å². The summed E-state index contributed by atoms with van der Waals surface area (Å²) in [4.78, 5) is 16.1. The van der Waals surface area contributed by atoms with Crippen LogP contribution in [0.3, 0.4) is 0 Å². The topological polar surface area (TPSA) is 94.6 Å². The average Bonchev–Trinajstić information content (AvgIpc) is 2.56.